The number of hydrazone groups is 1. The zero-order valence-corrected chi connectivity index (χ0v) is 15.0. The van der Waals surface area contributed by atoms with E-state index in [-0.39, 0.29) is 12.5 Å². The van der Waals surface area contributed by atoms with Crippen molar-refractivity contribution < 1.29 is 19.0 Å². The third-order valence-electron chi connectivity index (χ3n) is 3.29. The lowest BCUT2D eigenvalue weighted by molar-refractivity contribution is -0.123. The van der Waals surface area contributed by atoms with Crippen molar-refractivity contribution in [2.75, 3.05) is 20.8 Å². The van der Waals surface area contributed by atoms with Crippen molar-refractivity contribution >= 4 is 23.7 Å². The summed E-state index contributed by atoms with van der Waals surface area (Å²) >= 11 is 6.14. The molecule has 132 valence electrons. The second kappa shape index (κ2) is 8.94. The summed E-state index contributed by atoms with van der Waals surface area (Å²) < 4.78 is 15.7. The maximum Gasteiger partial charge on any atom is 0.277 e. The fraction of sp³-hybridized carbons (Fsp3) is 0.222. The van der Waals surface area contributed by atoms with Crippen molar-refractivity contribution in [3.05, 3.63) is 52.5 Å². The Bertz CT molecular complexity index is 760. The summed E-state index contributed by atoms with van der Waals surface area (Å²) in [7, 11) is 3.05. The highest BCUT2D eigenvalue weighted by Gasteiger charge is 2.08. The van der Waals surface area contributed by atoms with Gasteiger partial charge in [0, 0.05) is 11.6 Å². The van der Waals surface area contributed by atoms with E-state index in [0.717, 1.165) is 5.56 Å². The van der Waals surface area contributed by atoms with Crippen LogP contribution < -0.4 is 19.6 Å². The Kier molecular flexibility index (Phi) is 6.65. The van der Waals surface area contributed by atoms with Crippen LogP contribution in [0.15, 0.2) is 41.5 Å². The Balaban J connectivity index is 1.91. The molecule has 2 aromatic carbocycles. The molecule has 0 aliphatic heterocycles. The first-order chi connectivity index (χ1) is 12.0. The monoisotopic (exact) mass is 362 g/mol. The number of benzene rings is 2. The van der Waals surface area contributed by atoms with Gasteiger partial charge in [0.05, 0.1) is 25.5 Å². The quantitative estimate of drug-likeness (QED) is 0.606. The number of amides is 1. The molecule has 0 radical (unpaired) electrons. The van der Waals surface area contributed by atoms with Gasteiger partial charge < -0.3 is 14.2 Å². The molecule has 0 unspecified atom stereocenters. The van der Waals surface area contributed by atoms with E-state index in [1.54, 1.807) is 24.3 Å². The number of hydrogen-bond donors (Lipinski definition) is 1. The van der Waals surface area contributed by atoms with Gasteiger partial charge in [0.25, 0.3) is 5.91 Å². The maximum absolute atomic E-state index is 11.8. The van der Waals surface area contributed by atoms with Crippen LogP contribution in [-0.2, 0) is 4.79 Å². The molecule has 6 nitrogen and oxygen atoms in total. The molecule has 1 N–H and O–H groups in total. The predicted octanol–water partition coefficient (Wildman–Crippen LogP) is 3.19. The molecule has 2 rings (SSSR count). The van der Waals surface area contributed by atoms with Crippen molar-refractivity contribution in [1.29, 1.82) is 0 Å². The van der Waals surface area contributed by atoms with Crippen LogP contribution in [0.1, 0.15) is 11.1 Å². The summed E-state index contributed by atoms with van der Waals surface area (Å²) in [5.41, 5.74) is 4.08. The number of methoxy groups -OCH3 is 2. The van der Waals surface area contributed by atoms with Gasteiger partial charge in [0.15, 0.2) is 18.1 Å². The zero-order valence-electron chi connectivity index (χ0n) is 14.2. The molecule has 1 amide bonds. The maximum atomic E-state index is 11.8. The summed E-state index contributed by atoms with van der Waals surface area (Å²) in [5, 5.41) is 4.30. The van der Waals surface area contributed by atoms with E-state index < -0.39 is 0 Å². The van der Waals surface area contributed by atoms with Gasteiger partial charge in [-0.05, 0) is 25.1 Å². The van der Waals surface area contributed by atoms with Crippen LogP contribution in [0.3, 0.4) is 0 Å². The molecule has 2 aromatic rings. The van der Waals surface area contributed by atoms with E-state index in [0.29, 0.717) is 27.8 Å². The SMILES string of the molecule is COc1cc(Cl)c(/C=N/NC(=O)COc2ccc(C)cc2)cc1OC. The van der Waals surface area contributed by atoms with Gasteiger partial charge in [-0.25, -0.2) is 5.43 Å². The zero-order chi connectivity index (χ0) is 18.2. The van der Waals surface area contributed by atoms with Crippen molar-refractivity contribution in [3.8, 4) is 17.2 Å². The van der Waals surface area contributed by atoms with Crippen molar-refractivity contribution in [1.82, 2.24) is 5.43 Å². The molecule has 0 aliphatic rings. The van der Waals surface area contributed by atoms with E-state index in [2.05, 4.69) is 10.5 Å². The molecule has 0 aromatic heterocycles. The minimum Gasteiger partial charge on any atom is -0.493 e. The molecular formula is C18H19ClN2O4. The van der Waals surface area contributed by atoms with Gasteiger partial charge in [-0.15, -0.1) is 0 Å². The van der Waals surface area contributed by atoms with Crippen molar-refractivity contribution in [2.24, 2.45) is 5.10 Å². The van der Waals surface area contributed by atoms with Crippen LogP contribution >= 0.6 is 11.6 Å². The second-order valence-electron chi connectivity index (χ2n) is 5.12. The van der Waals surface area contributed by atoms with Crippen LogP contribution in [-0.4, -0.2) is 32.9 Å². The van der Waals surface area contributed by atoms with Crippen molar-refractivity contribution in [2.45, 2.75) is 6.92 Å². The van der Waals surface area contributed by atoms with E-state index in [1.165, 1.54) is 20.4 Å². The Labute approximate surface area is 151 Å². The van der Waals surface area contributed by atoms with E-state index in [9.17, 15) is 4.79 Å². The number of rotatable bonds is 7. The molecule has 0 saturated heterocycles. The topological polar surface area (TPSA) is 69.2 Å². The molecule has 7 heteroatoms. The average Bonchev–Trinajstić information content (AvgIpc) is 2.62. The highest BCUT2D eigenvalue weighted by atomic mass is 35.5. The molecule has 0 saturated carbocycles. The van der Waals surface area contributed by atoms with E-state index >= 15 is 0 Å². The minimum atomic E-state index is -0.381. The highest BCUT2D eigenvalue weighted by molar-refractivity contribution is 6.33. The summed E-state index contributed by atoms with van der Waals surface area (Å²) in [6.07, 6.45) is 1.42. The lowest BCUT2D eigenvalue weighted by Gasteiger charge is -2.09. The molecule has 0 atom stereocenters. The van der Waals surface area contributed by atoms with Crippen molar-refractivity contribution in [3.63, 3.8) is 0 Å². The normalized spacial score (nSPS) is 10.6. The van der Waals surface area contributed by atoms with Gasteiger partial charge in [0.2, 0.25) is 0 Å². The minimum absolute atomic E-state index is 0.139. The van der Waals surface area contributed by atoms with Gasteiger partial charge in [0.1, 0.15) is 5.75 Å². The second-order valence-corrected chi connectivity index (χ2v) is 5.53. The number of nitrogens with zero attached hydrogens (tertiary/aromatic N) is 1. The Morgan fingerprint density at radius 1 is 1.16 bits per heavy atom. The number of halogens is 1. The molecule has 0 fully saturated rings. The molecule has 0 aliphatic carbocycles. The number of ether oxygens (including phenoxy) is 3. The largest absolute Gasteiger partial charge is 0.493 e. The van der Waals surface area contributed by atoms with E-state index in [4.69, 9.17) is 25.8 Å². The van der Waals surface area contributed by atoms with Crippen LogP contribution in [0.5, 0.6) is 17.2 Å². The molecule has 25 heavy (non-hydrogen) atoms. The number of nitrogens with one attached hydrogen (secondary N) is 1. The first-order valence-corrected chi connectivity index (χ1v) is 7.84. The molecular weight excluding hydrogens is 344 g/mol. The van der Waals surface area contributed by atoms with Gasteiger partial charge in [-0.2, -0.15) is 5.10 Å². The highest BCUT2D eigenvalue weighted by Crippen LogP contribution is 2.32. The summed E-state index contributed by atoms with van der Waals surface area (Å²) in [5.74, 6) is 1.27. The van der Waals surface area contributed by atoms with Crippen LogP contribution in [0.2, 0.25) is 5.02 Å². The molecule has 0 bridgehead atoms. The summed E-state index contributed by atoms with van der Waals surface area (Å²) in [4.78, 5) is 11.8. The van der Waals surface area contributed by atoms with Gasteiger partial charge in [-0.3, -0.25) is 4.79 Å². The van der Waals surface area contributed by atoms with Crippen LogP contribution in [0, 0.1) is 6.92 Å². The predicted molar refractivity (Wildman–Crippen MR) is 97.0 cm³/mol. The number of hydrogen-bond acceptors (Lipinski definition) is 5. The molecule has 0 heterocycles. The van der Waals surface area contributed by atoms with Crippen LogP contribution in [0.25, 0.3) is 0 Å². The lowest BCUT2D eigenvalue weighted by Crippen LogP contribution is -2.24. The third kappa shape index (κ3) is 5.39. The van der Waals surface area contributed by atoms with Crippen LogP contribution in [0.4, 0.5) is 0 Å². The Morgan fingerprint density at radius 2 is 1.80 bits per heavy atom. The number of carbonyl (C=O) groups is 1. The van der Waals surface area contributed by atoms with Gasteiger partial charge >= 0.3 is 0 Å². The Hall–Kier alpha value is -2.73. The van der Waals surface area contributed by atoms with E-state index in [1.807, 2.05) is 19.1 Å². The smallest absolute Gasteiger partial charge is 0.277 e. The summed E-state index contributed by atoms with van der Waals surface area (Å²) in [6.45, 7) is 1.84. The molecule has 0 spiro atoms. The average molecular weight is 363 g/mol. The third-order valence-corrected chi connectivity index (χ3v) is 3.61. The Morgan fingerprint density at radius 3 is 2.44 bits per heavy atom. The first-order valence-electron chi connectivity index (χ1n) is 7.46. The standard InChI is InChI=1S/C18H19ClN2O4/c1-12-4-6-14(7-5-12)25-11-18(22)21-20-10-13-8-16(23-2)17(24-3)9-15(13)19/h4-10H,11H2,1-3H3,(H,21,22)/b20-10+. The summed E-state index contributed by atoms with van der Waals surface area (Å²) in [6, 6.07) is 10.7. The fourth-order valence-corrected chi connectivity index (χ4v) is 2.16. The number of aryl methyl sites for hydroxylation is 1. The first kappa shape index (κ1) is 18.6. The fourth-order valence-electron chi connectivity index (χ4n) is 1.96. The van der Waals surface area contributed by atoms with Gasteiger partial charge in [-0.1, -0.05) is 29.3 Å². The lowest BCUT2D eigenvalue weighted by atomic mass is 10.2. The number of carbonyl (C=O) groups excluding carboxylic acids is 1.